The van der Waals surface area contributed by atoms with E-state index in [9.17, 15) is 9.18 Å². The SMILES string of the molecule is CC(C)(C)OC(=O)Cn1ncc2cc(-n3cccn3)c(COc3cc4cc(F)ccc4nc3N)cc21. The summed E-state index contributed by atoms with van der Waals surface area (Å²) in [7, 11) is 0. The van der Waals surface area contributed by atoms with Crippen LogP contribution in [0.3, 0.4) is 0 Å². The molecule has 0 aliphatic rings. The zero-order valence-corrected chi connectivity index (χ0v) is 20.1. The molecule has 3 aromatic heterocycles. The number of pyridine rings is 1. The van der Waals surface area contributed by atoms with Gasteiger partial charge in [0.1, 0.15) is 24.6 Å². The van der Waals surface area contributed by atoms with Gasteiger partial charge in [-0.1, -0.05) is 0 Å². The van der Waals surface area contributed by atoms with Crippen molar-refractivity contribution in [2.45, 2.75) is 39.5 Å². The van der Waals surface area contributed by atoms with Crippen molar-refractivity contribution < 1.29 is 18.7 Å². The number of rotatable bonds is 6. The van der Waals surface area contributed by atoms with Crippen molar-refractivity contribution in [1.82, 2.24) is 24.5 Å². The predicted molar refractivity (Wildman–Crippen MR) is 133 cm³/mol. The molecule has 0 spiro atoms. The first-order valence-electron chi connectivity index (χ1n) is 11.4. The Morgan fingerprint density at radius 1 is 1.11 bits per heavy atom. The first-order valence-corrected chi connectivity index (χ1v) is 11.4. The summed E-state index contributed by atoms with van der Waals surface area (Å²) in [6, 6.07) is 11.6. The van der Waals surface area contributed by atoms with Crippen LogP contribution in [0.4, 0.5) is 10.2 Å². The van der Waals surface area contributed by atoms with E-state index in [0.717, 1.165) is 22.2 Å². The number of fused-ring (bicyclic) bond motifs is 2. The second-order valence-corrected chi connectivity index (χ2v) is 9.38. The predicted octanol–water partition coefficient (Wildman–Crippen LogP) is 4.41. The molecule has 0 amide bonds. The largest absolute Gasteiger partial charge is 0.485 e. The Morgan fingerprint density at radius 2 is 1.94 bits per heavy atom. The average Bonchev–Trinajstić information content (AvgIpc) is 3.46. The fourth-order valence-corrected chi connectivity index (χ4v) is 3.93. The molecular weight excluding hydrogens is 463 g/mol. The van der Waals surface area contributed by atoms with Crippen LogP contribution >= 0.6 is 0 Å². The summed E-state index contributed by atoms with van der Waals surface area (Å²) in [6.07, 6.45) is 5.20. The number of esters is 1. The zero-order chi connectivity index (χ0) is 25.4. The lowest BCUT2D eigenvalue weighted by molar-refractivity contribution is -0.155. The molecule has 0 fully saturated rings. The quantitative estimate of drug-likeness (QED) is 0.353. The van der Waals surface area contributed by atoms with E-state index < -0.39 is 5.60 Å². The summed E-state index contributed by atoms with van der Waals surface area (Å²) in [5.74, 6) is -0.221. The molecule has 3 heterocycles. The van der Waals surface area contributed by atoms with Gasteiger partial charge in [-0.2, -0.15) is 10.2 Å². The number of aromatic nitrogens is 5. The second kappa shape index (κ2) is 8.95. The maximum Gasteiger partial charge on any atom is 0.328 e. The Balaban J connectivity index is 1.50. The van der Waals surface area contributed by atoms with E-state index in [0.29, 0.717) is 16.7 Å². The van der Waals surface area contributed by atoms with Crippen LogP contribution in [0.25, 0.3) is 27.5 Å². The molecule has 0 aliphatic heterocycles. The number of benzene rings is 2. The number of ether oxygens (including phenoxy) is 2. The molecule has 5 aromatic rings. The summed E-state index contributed by atoms with van der Waals surface area (Å²) < 4.78 is 28.5. The highest BCUT2D eigenvalue weighted by Gasteiger charge is 2.19. The summed E-state index contributed by atoms with van der Waals surface area (Å²) in [5.41, 5.74) is 8.38. The van der Waals surface area contributed by atoms with Crippen LogP contribution in [0.2, 0.25) is 0 Å². The van der Waals surface area contributed by atoms with E-state index in [1.165, 1.54) is 12.1 Å². The van der Waals surface area contributed by atoms with Gasteiger partial charge in [0.25, 0.3) is 0 Å². The Labute approximate surface area is 206 Å². The van der Waals surface area contributed by atoms with Crippen molar-refractivity contribution in [3.63, 3.8) is 0 Å². The minimum absolute atomic E-state index is 0.0324. The van der Waals surface area contributed by atoms with E-state index in [1.807, 2.05) is 45.2 Å². The van der Waals surface area contributed by atoms with Gasteiger partial charge in [0, 0.05) is 28.7 Å². The van der Waals surface area contributed by atoms with E-state index in [2.05, 4.69) is 15.2 Å². The van der Waals surface area contributed by atoms with Gasteiger partial charge in [-0.25, -0.2) is 14.1 Å². The normalized spacial score (nSPS) is 11.8. The number of carbonyl (C=O) groups is 1. The topological polar surface area (TPSA) is 110 Å². The van der Waals surface area contributed by atoms with E-state index in [4.69, 9.17) is 15.2 Å². The number of nitrogen functional groups attached to an aromatic ring is 1. The number of carbonyl (C=O) groups excluding carboxylic acids is 1. The van der Waals surface area contributed by atoms with Gasteiger partial charge in [0.15, 0.2) is 11.6 Å². The van der Waals surface area contributed by atoms with E-state index in [1.54, 1.807) is 33.9 Å². The number of anilines is 1. The number of nitrogens with zero attached hydrogens (tertiary/aromatic N) is 5. The van der Waals surface area contributed by atoms with Crippen LogP contribution in [0.1, 0.15) is 26.3 Å². The van der Waals surface area contributed by atoms with Crippen LogP contribution in [0, 0.1) is 5.82 Å². The van der Waals surface area contributed by atoms with Gasteiger partial charge in [-0.05, 0) is 63.2 Å². The molecule has 184 valence electrons. The van der Waals surface area contributed by atoms with Gasteiger partial charge in [0.05, 0.1) is 22.9 Å². The Morgan fingerprint density at radius 3 is 2.69 bits per heavy atom. The summed E-state index contributed by atoms with van der Waals surface area (Å²) in [5, 5.41) is 10.1. The smallest absolute Gasteiger partial charge is 0.328 e. The second-order valence-electron chi connectivity index (χ2n) is 9.38. The minimum atomic E-state index is -0.594. The Hall–Kier alpha value is -4.47. The fourth-order valence-electron chi connectivity index (χ4n) is 3.93. The standard InChI is InChI=1S/C26H25FN6O3/c1-26(2,3)36-24(34)14-33-21-11-18(22(10-17(21)13-30-33)32-8-4-7-29-32)15-35-23-12-16-9-19(27)5-6-20(16)31-25(23)28/h4-13H,14-15H2,1-3H3,(H2,28,31). The lowest BCUT2D eigenvalue weighted by Gasteiger charge is -2.19. The van der Waals surface area contributed by atoms with Gasteiger partial charge in [0.2, 0.25) is 0 Å². The number of halogens is 1. The molecule has 0 saturated carbocycles. The molecular formula is C26H25FN6O3. The zero-order valence-electron chi connectivity index (χ0n) is 20.1. The van der Waals surface area contributed by atoms with Crippen LogP contribution in [0.5, 0.6) is 5.75 Å². The van der Waals surface area contributed by atoms with Crippen molar-refractivity contribution in [2.75, 3.05) is 5.73 Å². The first-order chi connectivity index (χ1) is 17.2. The van der Waals surface area contributed by atoms with Crippen molar-refractivity contribution in [2.24, 2.45) is 0 Å². The maximum absolute atomic E-state index is 13.7. The van der Waals surface area contributed by atoms with Gasteiger partial charge in [-0.15, -0.1) is 0 Å². The lowest BCUT2D eigenvalue weighted by atomic mass is 10.1. The molecule has 9 nitrogen and oxygen atoms in total. The first kappa shape index (κ1) is 23.3. The third kappa shape index (κ3) is 4.83. The minimum Gasteiger partial charge on any atom is -0.485 e. The molecule has 2 N–H and O–H groups in total. The third-order valence-corrected chi connectivity index (χ3v) is 5.45. The van der Waals surface area contributed by atoms with Gasteiger partial charge >= 0.3 is 5.97 Å². The highest BCUT2D eigenvalue weighted by atomic mass is 19.1. The Kier molecular flexibility index (Phi) is 5.79. The molecule has 10 heteroatoms. The average molecular weight is 489 g/mol. The van der Waals surface area contributed by atoms with Crippen LogP contribution in [-0.2, 0) is 22.7 Å². The molecule has 5 rings (SSSR count). The fraction of sp³-hybridized carbons (Fsp3) is 0.231. The summed E-state index contributed by atoms with van der Waals surface area (Å²) >= 11 is 0. The van der Waals surface area contributed by atoms with Gasteiger partial charge in [-0.3, -0.25) is 9.48 Å². The molecule has 0 saturated heterocycles. The number of hydrogen-bond acceptors (Lipinski definition) is 7. The molecule has 2 aromatic carbocycles. The number of hydrogen-bond donors (Lipinski definition) is 1. The number of nitrogens with two attached hydrogens (primary N) is 1. The van der Waals surface area contributed by atoms with E-state index in [-0.39, 0.29) is 30.8 Å². The summed E-state index contributed by atoms with van der Waals surface area (Å²) in [6.45, 7) is 5.55. The Bertz CT molecular complexity index is 1570. The van der Waals surface area contributed by atoms with E-state index >= 15 is 0 Å². The van der Waals surface area contributed by atoms with Crippen LogP contribution in [0.15, 0.2) is 61.1 Å². The lowest BCUT2D eigenvalue weighted by Crippen LogP contribution is -2.26. The van der Waals surface area contributed by atoms with Crippen molar-refractivity contribution in [3.05, 3.63) is 72.4 Å². The molecule has 0 atom stereocenters. The third-order valence-electron chi connectivity index (χ3n) is 5.45. The highest BCUT2D eigenvalue weighted by molar-refractivity contribution is 5.84. The van der Waals surface area contributed by atoms with Gasteiger partial charge < -0.3 is 15.2 Å². The molecule has 0 unspecified atom stereocenters. The van der Waals surface area contributed by atoms with Crippen LogP contribution in [-0.4, -0.2) is 36.1 Å². The monoisotopic (exact) mass is 488 g/mol. The molecule has 0 radical (unpaired) electrons. The molecule has 36 heavy (non-hydrogen) atoms. The molecule has 0 bridgehead atoms. The van der Waals surface area contributed by atoms with Crippen molar-refractivity contribution in [1.29, 1.82) is 0 Å². The van der Waals surface area contributed by atoms with Crippen LogP contribution < -0.4 is 10.5 Å². The maximum atomic E-state index is 13.7. The highest BCUT2D eigenvalue weighted by Crippen LogP contribution is 2.29. The van der Waals surface area contributed by atoms with Crippen molar-refractivity contribution in [3.8, 4) is 11.4 Å². The summed E-state index contributed by atoms with van der Waals surface area (Å²) in [4.78, 5) is 16.7. The van der Waals surface area contributed by atoms with Crippen molar-refractivity contribution >= 4 is 33.6 Å². The molecule has 0 aliphatic carbocycles.